The van der Waals surface area contributed by atoms with Gasteiger partial charge in [-0.3, -0.25) is 4.90 Å². The van der Waals surface area contributed by atoms with Crippen molar-refractivity contribution < 1.29 is 4.74 Å². The fourth-order valence-corrected chi connectivity index (χ4v) is 2.18. The Morgan fingerprint density at radius 2 is 2.00 bits per heavy atom. The van der Waals surface area contributed by atoms with Crippen LogP contribution in [0.5, 0.6) is 0 Å². The highest BCUT2D eigenvalue weighted by Gasteiger charge is 2.16. The first-order chi connectivity index (χ1) is 8.81. The second-order valence-electron chi connectivity index (χ2n) is 4.62. The van der Waals surface area contributed by atoms with E-state index < -0.39 is 0 Å². The Hall–Kier alpha value is -0.900. The van der Waals surface area contributed by atoms with Gasteiger partial charge in [-0.05, 0) is 24.9 Å². The van der Waals surface area contributed by atoms with E-state index in [1.54, 1.807) is 7.11 Å². The van der Waals surface area contributed by atoms with Gasteiger partial charge in [-0.25, -0.2) is 0 Å². The van der Waals surface area contributed by atoms with Crippen LogP contribution in [-0.2, 0) is 11.3 Å². The molecule has 3 nitrogen and oxygen atoms in total. The van der Waals surface area contributed by atoms with Gasteiger partial charge in [0.2, 0.25) is 0 Å². The van der Waals surface area contributed by atoms with Gasteiger partial charge in [0.1, 0.15) is 0 Å². The highest BCUT2D eigenvalue weighted by atomic mass is 16.5. The molecule has 0 aliphatic rings. The molecule has 1 unspecified atom stereocenters. The van der Waals surface area contributed by atoms with Crippen molar-refractivity contribution in [2.75, 3.05) is 26.8 Å². The van der Waals surface area contributed by atoms with Crippen LogP contribution in [0.25, 0.3) is 0 Å². The van der Waals surface area contributed by atoms with Gasteiger partial charge in [0.25, 0.3) is 0 Å². The Kier molecular flexibility index (Phi) is 7.65. The SMILES string of the molecule is CCC(COC)N(CCCN)Cc1ccccc1. The van der Waals surface area contributed by atoms with Crippen LogP contribution in [0.2, 0.25) is 0 Å². The molecule has 0 saturated heterocycles. The van der Waals surface area contributed by atoms with Crippen molar-refractivity contribution in [3.8, 4) is 0 Å². The highest BCUT2D eigenvalue weighted by Crippen LogP contribution is 2.11. The zero-order valence-corrected chi connectivity index (χ0v) is 11.6. The van der Waals surface area contributed by atoms with Crippen LogP contribution in [0.1, 0.15) is 25.3 Å². The van der Waals surface area contributed by atoms with Gasteiger partial charge in [0.15, 0.2) is 0 Å². The second-order valence-corrected chi connectivity index (χ2v) is 4.62. The summed E-state index contributed by atoms with van der Waals surface area (Å²) in [4.78, 5) is 2.48. The normalized spacial score (nSPS) is 12.9. The maximum absolute atomic E-state index is 5.63. The average molecular weight is 250 g/mol. The Bertz CT molecular complexity index is 303. The molecular weight excluding hydrogens is 224 g/mol. The molecule has 1 atom stereocenters. The monoisotopic (exact) mass is 250 g/mol. The molecule has 0 amide bonds. The van der Waals surface area contributed by atoms with E-state index >= 15 is 0 Å². The smallest absolute Gasteiger partial charge is 0.0618 e. The molecule has 0 saturated carbocycles. The standard InChI is InChI=1S/C15H26N2O/c1-3-15(13-18-2)17(11-7-10-16)12-14-8-5-4-6-9-14/h4-6,8-9,15H,3,7,10-13,16H2,1-2H3. The minimum Gasteiger partial charge on any atom is -0.383 e. The third-order valence-corrected chi connectivity index (χ3v) is 3.22. The third kappa shape index (κ3) is 5.17. The van der Waals surface area contributed by atoms with Crippen LogP contribution in [0.3, 0.4) is 0 Å². The van der Waals surface area contributed by atoms with E-state index in [9.17, 15) is 0 Å². The highest BCUT2D eigenvalue weighted by molar-refractivity contribution is 5.14. The molecule has 1 rings (SSSR count). The van der Waals surface area contributed by atoms with Gasteiger partial charge in [0, 0.05) is 26.2 Å². The lowest BCUT2D eigenvalue weighted by molar-refractivity contribution is 0.0820. The molecule has 0 bridgehead atoms. The van der Waals surface area contributed by atoms with Crippen LogP contribution in [0.4, 0.5) is 0 Å². The Morgan fingerprint density at radius 3 is 2.56 bits per heavy atom. The molecule has 1 aromatic carbocycles. The van der Waals surface area contributed by atoms with Gasteiger partial charge in [-0.1, -0.05) is 37.3 Å². The number of hydrogen-bond acceptors (Lipinski definition) is 3. The molecule has 0 aliphatic heterocycles. The van der Waals surface area contributed by atoms with E-state index in [1.165, 1.54) is 5.56 Å². The molecule has 0 spiro atoms. The maximum atomic E-state index is 5.63. The predicted molar refractivity (Wildman–Crippen MR) is 76.5 cm³/mol. The Morgan fingerprint density at radius 1 is 1.28 bits per heavy atom. The first-order valence-electron chi connectivity index (χ1n) is 6.78. The van der Waals surface area contributed by atoms with Crippen molar-refractivity contribution in [1.29, 1.82) is 0 Å². The van der Waals surface area contributed by atoms with Crippen molar-refractivity contribution in [2.24, 2.45) is 5.73 Å². The number of benzene rings is 1. The number of ether oxygens (including phenoxy) is 1. The average Bonchev–Trinajstić information content (AvgIpc) is 2.42. The van der Waals surface area contributed by atoms with Gasteiger partial charge in [0.05, 0.1) is 6.61 Å². The zero-order chi connectivity index (χ0) is 13.2. The number of hydrogen-bond donors (Lipinski definition) is 1. The van der Waals surface area contributed by atoms with Crippen LogP contribution < -0.4 is 5.73 Å². The largest absolute Gasteiger partial charge is 0.383 e. The molecule has 0 aromatic heterocycles. The van der Waals surface area contributed by atoms with Crippen molar-refractivity contribution in [3.63, 3.8) is 0 Å². The van der Waals surface area contributed by atoms with Crippen LogP contribution in [0.15, 0.2) is 30.3 Å². The lowest BCUT2D eigenvalue weighted by atomic mass is 10.1. The van der Waals surface area contributed by atoms with Crippen LogP contribution in [0, 0.1) is 0 Å². The Balaban J connectivity index is 2.64. The molecule has 0 fully saturated rings. The topological polar surface area (TPSA) is 38.5 Å². The van der Waals surface area contributed by atoms with E-state index in [4.69, 9.17) is 10.5 Å². The van der Waals surface area contributed by atoms with Gasteiger partial charge in [-0.15, -0.1) is 0 Å². The number of nitrogens with two attached hydrogens (primary N) is 1. The van der Waals surface area contributed by atoms with E-state index in [0.29, 0.717) is 6.04 Å². The minimum absolute atomic E-state index is 0.474. The first-order valence-corrected chi connectivity index (χ1v) is 6.78. The van der Waals surface area contributed by atoms with Crippen LogP contribution >= 0.6 is 0 Å². The summed E-state index contributed by atoms with van der Waals surface area (Å²) in [6, 6.07) is 11.1. The lowest BCUT2D eigenvalue weighted by Gasteiger charge is -2.30. The molecule has 3 heteroatoms. The number of nitrogens with zero attached hydrogens (tertiary/aromatic N) is 1. The van der Waals surface area contributed by atoms with E-state index in [-0.39, 0.29) is 0 Å². The Labute approximate surface area is 111 Å². The summed E-state index contributed by atoms with van der Waals surface area (Å²) in [7, 11) is 1.77. The summed E-state index contributed by atoms with van der Waals surface area (Å²) in [5.74, 6) is 0. The first kappa shape index (κ1) is 15.2. The molecule has 0 aliphatic carbocycles. The summed E-state index contributed by atoms with van der Waals surface area (Å²) in [6.45, 7) is 5.75. The summed E-state index contributed by atoms with van der Waals surface area (Å²) in [5.41, 5.74) is 6.98. The van der Waals surface area contributed by atoms with Crippen molar-refractivity contribution in [3.05, 3.63) is 35.9 Å². The van der Waals surface area contributed by atoms with Crippen molar-refractivity contribution in [2.45, 2.75) is 32.4 Å². The maximum Gasteiger partial charge on any atom is 0.0618 e. The summed E-state index contributed by atoms with van der Waals surface area (Å²) < 4.78 is 5.32. The molecule has 0 radical (unpaired) electrons. The fraction of sp³-hybridized carbons (Fsp3) is 0.600. The van der Waals surface area contributed by atoms with E-state index in [1.807, 2.05) is 0 Å². The van der Waals surface area contributed by atoms with E-state index in [2.05, 4.69) is 42.2 Å². The molecule has 2 N–H and O–H groups in total. The van der Waals surface area contributed by atoms with Crippen molar-refractivity contribution in [1.82, 2.24) is 4.90 Å². The molecule has 0 heterocycles. The zero-order valence-electron chi connectivity index (χ0n) is 11.6. The van der Waals surface area contributed by atoms with Crippen molar-refractivity contribution >= 4 is 0 Å². The summed E-state index contributed by atoms with van der Waals surface area (Å²) in [5, 5.41) is 0. The third-order valence-electron chi connectivity index (χ3n) is 3.22. The van der Waals surface area contributed by atoms with Gasteiger partial charge < -0.3 is 10.5 Å². The molecule has 18 heavy (non-hydrogen) atoms. The number of methoxy groups -OCH3 is 1. The second kappa shape index (κ2) is 9.09. The summed E-state index contributed by atoms with van der Waals surface area (Å²) in [6.07, 6.45) is 2.14. The number of rotatable bonds is 9. The lowest BCUT2D eigenvalue weighted by Crippen LogP contribution is -2.38. The molecule has 1 aromatic rings. The summed E-state index contributed by atoms with van der Waals surface area (Å²) >= 11 is 0. The van der Waals surface area contributed by atoms with Gasteiger partial charge in [-0.2, -0.15) is 0 Å². The van der Waals surface area contributed by atoms with E-state index in [0.717, 1.165) is 39.1 Å². The molecule has 102 valence electrons. The fourth-order valence-electron chi connectivity index (χ4n) is 2.18. The minimum atomic E-state index is 0.474. The molecular formula is C15H26N2O. The van der Waals surface area contributed by atoms with Gasteiger partial charge >= 0.3 is 0 Å². The predicted octanol–water partition coefficient (Wildman–Crippen LogP) is 2.26. The van der Waals surface area contributed by atoms with Crippen LogP contribution in [-0.4, -0.2) is 37.7 Å². The quantitative estimate of drug-likeness (QED) is 0.730.